The summed E-state index contributed by atoms with van der Waals surface area (Å²) in [5.41, 5.74) is 8.81. The third-order valence-corrected chi connectivity index (χ3v) is 6.06. The van der Waals surface area contributed by atoms with Crippen molar-refractivity contribution in [3.63, 3.8) is 0 Å². The highest BCUT2D eigenvalue weighted by molar-refractivity contribution is 6.35. The lowest BCUT2D eigenvalue weighted by Crippen LogP contribution is -2.29. The second-order valence-electron chi connectivity index (χ2n) is 7.62. The average Bonchev–Trinajstić information content (AvgIpc) is 3.28. The van der Waals surface area contributed by atoms with Crippen molar-refractivity contribution >= 4 is 28.2 Å². The van der Waals surface area contributed by atoms with Crippen molar-refractivity contribution in [2.75, 3.05) is 18.8 Å². The molecule has 158 valence electrons. The number of piperidine rings is 1. The van der Waals surface area contributed by atoms with E-state index in [1.807, 2.05) is 16.9 Å². The lowest BCUT2D eigenvalue weighted by atomic mass is 10.0. The van der Waals surface area contributed by atoms with Gasteiger partial charge in [-0.25, -0.2) is 13.8 Å². The number of nitrogens with one attached hydrogen (secondary N) is 1. The van der Waals surface area contributed by atoms with Gasteiger partial charge in [0.25, 0.3) is 0 Å². The molecule has 1 fully saturated rings. The van der Waals surface area contributed by atoms with Crippen molar-refractivity contribution < 1.29 is 8.78 Å². The molecule has 1 saturated heterocycles. The maximum atomic E-state index is 14.1. The van der Waals surface area contributed by atoms with Gasteiger partial charge in [-0.3, -0.25) is 9.67 Å². The third-order valence-electron chi connectivity index (χ3n) is 5.67. The first-order valence-corrected chi connectivity index (χ1v) is 10.3. The molecule has 1 aliphatic rings. The van der Waals surface area contributed by atoms with Gasteiger partial charge >= 0.3 is 0 Å². The van der Waals surface area contributed by atoms with Crippen LogP contribution in [0.1, 0.15) is 18.9 Å². The van der Waals surface area contributed by atoms with E-state index < -0.39 is 11.6 Å². The summed E-state index contributed by atoms with van der Waals surface area (Å²) in [7, 11) is 0. The highest BCUT2D eigenvalue weighted by Crippen LogP contribution is 2.34. The van der Waals surface area contributed by atoms with Crippen molar-refractivity contribution in [1.82, 2.24) is 25.1 Å². The maximum absolute atomic E-state index is 14.1. The van der Waals surface area contributed by atoms with E-state index in [4.69, 9.17) is 17.3 Å². The minimum Gasteiger partial charge on any atom is -0.383 e. The van der Waals surface area contributed by atoms with Gasteiger partial charge in [-0.05, 0) is 38.1 Å². The zero-order chi connectivity index (χ0) is 21.5. The number of rotatable bonds is 3. The topological polar surface area (TPSA) is 81.6 Å². The molecule has 4 heterocycles. The monoisotopic (exact) mass is 440 g/mol. The van der Waals surface area contributed by atoms with Gasteiger partial charge in [0, 0.05) is 52.1 Å². The standard InChI is InChI=1S/C22H19ClF2N6/c23-21-15-6-20(28-10-17(15)18(24)7-19(21)25)16-5-12(8-29-22(16)26)13-9-30-31(11-13)14-1-3-27-4-2-14/h5-11,14,27H,1-4H2,(H2,26,29). The van der Waals surface area contributed by atoms with E-state index in [1.54, 1.807) is 12.4 Å². The Morgan fingerprint density at radius 2 is 1.77 bits per heavy atom. The first-order chi connectivity index (χ1) is 15.0. The maximum Gasteiger partial charge on any atom is 0.145 e. The number of benzene rings is 1. The quantitative estimate of drug-likeness (QED) is 0.455. The van der Waals surface area contributed by atoms with Crippen LogP contribution < -0.4 is 11.1 Å². The molecule has 1 aliphatic heterocycles. The Morgan fingerprint density at radius 3 is 2.58 bits per heavy atom. The van der Waals surface area contributed by atoms with Gasteiger partial charge in [0.2, 0.25) is 0 Å². The van der Waals surface area contributed by atoms with Gasteiger partial charge in [-0.1, -0.05) is 11.6 Å². The molecule has 31 heavy (non-hydrogen) atoms. The van der Waals surface area contributed by atoms with Crippen LogP contribution in [0, 0.1) is 11.6 Å². The Kier molecular flexibility index (Phi) is 5.03. The summed E-state index contributed by atoms with van der Waals surface area (Å²) >= 11 is 6.07. The van der Waals surface area contributed by atoms with Crippen LogP contribution in [0.25, 0.3) is 33.2 Å². The molecule has 3 aromatic heterocycles. The fourth-order valence-electron chi connectivity index (χ4n) is 3.95. The smallest absolute Gasteiger partial charge is 0.145 e. The Labute approximate surface area is 182 Å². The van der Waals surface area contributed by atoms with E-state index in [0.717, 1.165) is 43.1 Å². The van der Waals surface area contributed by atoms with Crippen molar-refractivity contribution in [1.29, 1.82) is 0 Å². The van der Waals surface area contributed by atoms with Crippen LogP contribution in [0.4, 0.5) is 14.6 Å². The number of hydrogen-bond acceptors (Lipinski definition) is 5. The lowest BCUT2D eigenvalue weighted by molar-refractivity contribution is 0.343. The second-order valence-corrected chi connectivity index (χ2v) is 7.99. The Morgan fingerprint density at radius 1 is 0.968 bits per heavy atom. The fourth-order valence-corrected chi connectivity index (χ4v) is 4.16. The number of nitrogen functional groups attached to an aromatic ring is 1. The molecule has 6 nitrogen and oxygen atoms in total. The summed E-state index contributed by atoms with van der Waals surface area (Å²) in [5.74, 6) is -1.29. The summed E-state index contributed by atoms with van der Waals surface area (Å²) in [5, 5.41) is 8.08. The SMILES string of the molecule is Nc1ncc(-c2cnn(C3CCNCC3)c2)cc1-c1cc2c(Cl)c(F)cc(F)c2cn1. The minimum atomic E-state index is -0.825. The van der Waals surface area contributed by atoms with Gasteiger partial charge in [-0.15, -0.1) is 0 Å². The highest BCUT2D eigenvalue weighted by atomic mass is 35.5. The van der Waals surface area contributed by atoms with E-state index in [-0.39, 0.29) is 21.6 Å². The predicted molar refractivity (Wildman–Crippen MR) is 117 cm³/mol. The van der Waals surface area contributed by atoms with Crippen molar-refractivity contribution in [2.24, 2.45) is 0 Å². The molecule has 1 aromatic carbocycles. The van der Waals surface area contributed by atoms with Crippen LogP contribution in [0.3, 0.4) is 0 Å². The van der Waals surface area contributed by atoms with Gasteiger partial charge < -0.3 is 11.1 Å². The second kappa shape index (κ2) is 7.86. The Bertz CT molecular complexity index is 1280. The number of aromatic nitrogens is 4. The van der Waals surface area contributed by atoms with Crippen LogP contribution in [0.15, 0.2) is 43.0 Å². The number of nitrogens with zero attached hydrogens (tertiary/aromatic N) is 4. The van der Waals surface area contributed by atoms with Crippen molar-refractivity contribution in [3.8, 4) is 22.4 Å². The van der Waals surface area contributed by atoms with Gasteiger partial charge in [0.15, 0.2) is 0 Å². The molecule has 5 rings (SSSR count). The number of fused-ring (bicyclic) bond motifs is 1. The molecule has 0 unspecified atom stereocenters. The summed E-state index contributed by atoms with van der Waals surface area (Å²) in [6.07, 6.45) is 8.86. The molecule has 0 radical (unpaired) electrons. The van der Waals surface area contributed by atoms with E-state index in [9.17, 15) is 8.78 Å². The molecule has 0 amide bonds. The fraction of sp³-hybridized carbons (Fsp3) is 0.227. The van der Waals surface area contributed by atoms with Crippen LogP contribution >= 0.6 is 11.6 Å². The molecule has 9 heteroatoms. The van der Waals surface area contributed by atoms with E-state index in [2.05, 4.69) is 20.4 Å². The molecule has 0 aliphatic carbocycles. The molecule has 0 spiro atoms. The van der Waals surface area contributed by atoms with E-state index >= 15 is 0 Å². The minimum absolute atomic E-state index is 0.140. The molecule has 0 saturated carbocycles. The third kappa shape index (κ3) is 3.62. The number of nitrogens with two attached hydrogens (primary N) is 1. The average molecular weight is 441 g/mol. The van der Waals surface area contributed by atoms with Crippen LogP contribution in [0.2, 0.25) is 5.02 Å². The normalized spacial score (nSPS) is 14.9. The van der Waals surface area contributed by atoms with E-state index in [0.29, 0.717) is 17.3 Å². The first-order valence-electron chi connectivity index (χ1n) is 9.95. The molecule has 0 bridgehead atoms. The molecular weight excluding hydrogens is 422 g/mol. The number of halogens is 3. The predicted octanol–water partition coefficient (Wildman–Crippen LogP) is 4.60. The lowest BCUT2D eigenvalue weighted by Gasteiger charge is -2.22. The number of pyridine rings is 2. The van der Waals surface area contributed by atoms with Gasteiger partial charge in [0.1, 0.15) is 17.5 Å². The van der Waals surface area contributed by atoms with Gasteiger partial charge in [0.05, 0.1) is 23.0 Å². The zero-order valence-corrected chi connectivity index (χ0v) is 17.2. The zero-order valence-electron chi connectivity index (χ0n) is 16.4. The summed E-state index contributed by atoms with van der Waals surface area (Å²) in [6.45, 7) is 1.95. The first kappa shape index (κ1) is 19.8. The van der Waals surface area contributed by atoms with Crippen molar-refractivity contribution in [3.05, 3.63) is 59.6 Å². The molecule has 4 aromatic rings. The van der Waals surface area contributed by atoms with Gasteiger partial charge in [-0.2, -0.15) is 5.10 Å². The summed E-state index contributed by atoms with van der Waals surface area (Å²) < 4.78 is 30.0. The summed E-state index contributed by atoms with van der Waals surface area (Å²) in [4.78, 5) is 8.61. The largest absolute Gasteiger partial charge is 0.383 e. The molecule has 0 atom stereocenters. The van der Waals surface area contributed by atoms with Crippen LogP contribution in [-0.2, 0) is 0 Å². The van der Waals surface area contributed by atoms with Crippen molar-refractivity contribution in [2.45, 2.75) is 18.9 Å². The Balaban J connectivity index is 1.55. The van der Waals surface area contributed by atoms with E-state index in [1.165, 1.54) is 12.3 Å². The summed E-state index contributed by atoms with van der Waals surface area (Å²) in [6, 6.07) is 4.50. The van der Waals surface area contributed by atoms with Crippen LogP contribution in [0.5, 0.6) is 0 Å². The highest BCUT2D eigenvalue weighted by Gasteiger charge is 2.18. The Hall–Kier alpha value is -3.10. The number of hydrogen-bond donors (Lipinski definition) is 2. The molecule has 3 N–H and O–H groups in total. The van der Waals surface area contributed by atoms with Crippen LogP contribution in [-0.4, -0.2) is 32.8 Å². The number of anilines is 1. The molecular formula is C22H19ClF2N6.